The van der Waals surface area contributed by atoms with Crippen LogP contribution in [0.2, 0.25) is 5.02 Å². The zero-order valence-electron chi connectivity index (χ0n) is 25.6. The number of nitrogens with one attached hydrogen (secondary N) is 4. The number of hydrogen-bond acceptors (Lipinski definition) is 6. The Bertz CT molecular complexity index is 1710. The quantitative estimate of drug-likeness (QED) is 0.0690. The first kappa shape index (κ1) is 32.6. The van der Waals surface area contributed by atoms with Gasteiger partial charge in [-0.05, 0) is 86.9 Å². The van der Waals surface area contributed by atoms with E-state index in [4.69, 9.17) is 28.5 Å². The zero-order valence-corrected chi connectivity index (χ0v) is 26.3. The summed E-state index contributed by atoms with van der Waals surface area (Å²) in [5, 5.41) is 15.5. The third kappa shape index (κ3) is 7.88. The smallest absolute Gasteiger partial charge is 0.354 e. The third-order valence-corrected chi connectivity index (χ3v) is 8.73. The highest BCUT2D eigenvalue weighted by molar-refractivity contribution is 6.31. The largest absolute Gasteiger partial charge is 0.367 e. The fourth-order valence-electron chi connectivity index (χ4n) is 6.08. The van der Waals surface area contributed by atoms with Gasteiger partial charge >= 0.3 is 5.69 Å². The Balaban J connectivity index is 1.33. The van der Waals surface area contributed by atoms with E-state index in [1.807, 2.05) is 37.3 Å². The average molecular weight is 633 g/mol. The van der Waals surface area contributed by atoms with E-state index in [9.17, 15) is 4.79 Å². The molecule has 4 aromatic rings. The van der Waals surface area contributed by atoms with Crippen molar-refractivity contribution in [2.45, 2.75) is 76.0 Å². The monoisotopic (exact) mass is 632 g/mol. The molecule has 1 aliphatic heterocycles. The maximum atomic E-state index is 15.1. The van der Waals surface area contributed by atoms with Crippen LogP contribution in [0.3, 0.4) is 0 Å². The Labute approximate surface area is 267 Å². The minimum absolute atomic E-state index is 0.0226. The Morgan fingerprint density at radius 1 is 1.29 bits per heavy atom. The molecule has 0 amide bonds. The van der Waals surface area contributed by atoms with Gasteiger partial charge in [-0.25, -0.2) is 9.18 Å². The molecule has 2 aromatic heterocycles. The predicted octanol–water partition coefficient (Wildman–Crippen LogP) is 5.50. The van der Waals surface area contributed by atoms with E-state index >= 15 is 4.39 Å². The minimum Gasteiger partial charge on any atom is -0.367 e. The molecule has 238 valence electrons. The van der Waals surface area contributed by atoms with Crippen molar-refractivity contribution in [1.82, 2.24) is 25.2 Å². The lowest BCUT2D eigenvalue weighted by Crippen LogP contribution is -2.44. The molecule has 0 bridgehead atoms. The van der Waals surface area contributed by atoms with Gasteiger partial charge in [-0.3, -0.25) is 9.98 Å². The number of nitrogens with two attached hydrogens (primary N) is 2. The molecule has 4 atom stereocenters. The van der Waals surface area contributed by atoms with Crippen LogP contribution in [0.5, 0.6) is 0 Å². The maximum absolute atomic E-state index is 15.1. The van der Waals surface area contributed by atoms with Gasteiger partial charge in [0.2, 0.25) is 0 Å². The number of rotatable bonds is 12. The van der Waals surface area contributed by atoms with Crippen molar-refractivity contribution < 1.29 is 4.39 Å². The summed E-state index contributed by atoms with van der Waals surface area (Å²) in [6.07, 6.45) is 9.97. The second-order valence-electron chi connectivity index (χ2n) is 12.0. The maximum Gasteiger partial charge on any atom is 0.354 e. The zero-order chi connectivity index (χ0) is 32.1. The number of aryl methyl sites for hydroxylation is 1. The van der Waals surface area contributed by atoms with E-state index in [-0.39, 0.29) is 35.7 Å². The molecule has 1 aliphatic rings. The number of aromatic nitrogens is 3. The van der Waals surface area contributed by atoms with Crippen LogP contribution in [0.15, 0.2) is 66.1 Å². The highest BCUT2D eigenvalue weighted by Gasteiger charge is 2.24. The lowest BCUT2D eigenvalue weighted by atomic mass is 9.90. The van der Waals surface area contributed by atoms with Crippen LogP contribution in [-0.2, 0) is 6.42 Å². The van der Waals surface area contributed by atoms with E-state index in [1.54, 1.807) is 24.4 Å². The van der Waals surface area contributed by atoms with E-state index in [0.717, 1.165) is 56.1 Å². The second kappa shape index (κ2) is 14.5. The molecule has 5 rings (SSSR count). The molecule has 0 saturated carbocycles. The second-order valence-corrected chi connectivity index (χ2v) is 12.4. The average Bonchev–Trinajstić information content (AvgIpc) is 3.44. The summed E-state index contributed by atoms with van der Waals surface area (Å²) in [6.45, 7) is 6.05. The fourth-order valence-corrected chi connectivity index (χ4v) is 6.32. The van der Waals surface area contributed by atoms with Crippen molar-refractivity contribution in [2.24, 2.45) is 11.5 Å². The Morgan fingerprint density at radius 2 is 2.07 bits per heavy atom. The molecule has 11 heteroatoms. The molecule has 1 saturated heterocycles. The van der Waals surface area contributed by atoms with E-state index in [0.29, 0.717) is 33.8 Å². The van der Waals surface area contributed by atoms with Crippen LogP contribution in [0.1, 0.15) is 62.6 Å². The van der Waals surface area contributed by atoms with Gasteiger partial charge in [-0.1, -0.05) is 36.2 Å². The molecular weight excluding hydrogens is 591 g/mol. The number of halogens is 2. The van der Waals surface area contributed by atoms with Crippen molar-refractivity contribution in [3.8, 4) is 16.9 Å². The highest BCUT2D eigenvalue weighted by atomic mass is 35.5. The summed E-state index contributed by atoms with van der Waals surface area (Å²) in [4.78, 5) is 20.4. The molecular formula is C34H42ClFN8O. The molecule has 3 heterocycles. The Kier molecular flexibility index (Phi) is 10.5. The summed E-state index contributed by atoms with van der Waals surface area (Å²) in [7, 11) is 0. The van der Waals surface area contributed by atoms with Crippen LogP contribution in [-0.4, -0.2) is 45.0 Å². The summed E-state index contributed by atoms with van der Waals surface area (Å²) in [6, 6.07) is 13.7. The summed E-state index contributed by atoms with van der Waals surface area (Å²) in [5.74, 6) is -0.217. The molecule has 45 heavy (non-hydrogen) atoms. The van der Waals surface area contributed by atoms with Crippen molar-refractivity contribution in [3.05, 3.63) is 93.8 Å². The summed E-state index contributed by atoms with van der Waals surface area (Å²) >= 11 is 6.26. The first-order chi connectivity index (χ1) is 21.6. The Hall–Kier alpha value is -3.83. The number of hydrogen-bond donors (Lipinski definition) is 6. The Morgan fingerprint density at radius 3 is 2.78 bits per heavy atom. The van der Waals surface area contributed by atoms with Gasteiger partial charge in [0, 0.05) is 41.3 Å². The van der Waals surface area contributed by atoms with Crippen molar-refractivity contribution in [1.29, 1.82) is 5.41 Å². The molecule has 9 nitrogen and oxygen atoms in total. The first-order valence-electron chi connectivity index (χ1n) is 15.5. The molecule has 8 N–H and O–H groups in total. The van der Waals surface area contributed by atoms with Crippen LogP contribution in [0, 0.1) is 11.2 Å². The lowest BCUT2D eigenvalue weighted by Gasteiger charge is -2.33. The molecule has 1 fully saturated rings. The van der Waals surface area contributed by atoms with Crippen molar-refractivity contribution in [2.75, 3.05) is 6.54 Å². The fraction of sp³-hybridized carbons (Fsp3) is 0.382. The highest BCUT2D eigenvalue weighted by Crippen LogP contribution is 2.32. The molecule has 0 radical (unpaired) electrons. The molecule has 0 unspecified atom stereocenters. The number of aromatic amines is 1. The molecule has 0 aliphatic carbocycles. The van der Waals surface area contributed by atoms with Crippen LogP contribution >= 0.6 is 11.6 Å². The van der Waals surface area contributed by atoms with Gasteiger partial charge in [0.25, 0.3) is 0 Å². The molecule has 0 spiro atoms. The lowest BCUT2D eigenvalue weighted by molar-refractivity contribution is 0.302. The summed E-state index contributed by atoms with van der Waals surface area (Å²) < 4.78 is 16.6. The topological polar surface area (TPSA) is 151 Å². The number of nitrogens with zero attached hydrogens (tertiary/aromatic N) is 2. The van der Waals surface area contributed by atoms with Gasteiger partial charge in [-0.15, -0.1) is 6.58 Å². The van der Waals surface area contributed by atoms with Gasteiger partial charge in [0.1, 0.15) is 11.5 Å². The number of amidine groups is 1. The van der Waals surface area contributed by atoms with Gasteiger partial charge in [0.05, 0.1) is 22.9 Å². The number of benzene rings is 2. The van der Waals surface area contributed by atoms with Crippen molar-refractivity contribution >= 4 is 28.5 Å². The SMILES string of the molecule is C=C[C@H](C[C@@H]1CCC[C@@H](c2ccc(-n3cc4cc(-c5cc(CCC[C@H](C)N)cc(Cl)c5F)[nH]c4nc3=O)cc2)N1)NC(=N)CN. The van der Waals surface area contributed by atoms with Crippen LogP contribution < -0.4 is 27.8 Å². The number of H-pyrrole nitrogens is 1. The van der Waals surface area contributed by atoms with E-state index in [2.05, 4.69) is 27.2 Å². The summed E-state index contributed by atoms with van der Waals surface area (Å²) in [5.41, 5.74) is 15.0. The third-order valence-electron chi connectivity index (χ3n) is 8.45. The predicted molar refractivity (Wildman–Crippen MR) is 181 cm³/mol. The van der Waals surface area contributed by atoms with Gasteiger partial charge in [0.15, 0.2) is 5.82 Å². The number of piperidine rings is 1. The van der Waals surface area contributed by atoms with E-state index < -0.39 is 11.5 Å². The van der Waals surface area contributed by atoms with E-state index in [1.165, 1.54) is 4.57 Å². The van der Waals surface area contributed by atoms with Crippen molar-refractivity contribution in [3.63, 3.8) is 0 Å². The standard InChI is InChI=1S/C34H42ClFN8O/c1-3-24(41-31(39)18-37)17-25-8-5-9-29(40-25)22-10-12-26(13-11-22)44-19-23-16-30(42-33(23)43-34(44)45)27-14-21(7-4-6-20(2)38)15-28(35)32(27)36/h3,10-16,19-20,24-25,29,40H,1,4-9,17-18,37-38H2,2H3,(H2,39,41)(H,42,43,45)/t20-,24+,25-,29-/m0/s1. The normalized spacial score (nSPS) is 18.1. The first-order valence-corrected chi connectivity index (χ1v) is 15.9. The van der Waals surface area contributed by atoms with Gasteiger partial charge in [-0.2, -0.15) is 4.98 Å². The number of fused-ring (bicyclic) bond motifs is 1. The van der Waals surface area contributed by atoms with Crippen LogP contribution in [0.25, 0.3) is 28.0 Å². The minimum atomic E-state index is -0.519. The van der Waals surface area contributed by atoms with Gasteiger partial charge < -0.3 is 27.1 Å². The van der Waals surface area contributed by atoms with Crippen LogP contribution in [0.4, 0.5) is 4.39 Å². The molecule has 2 aromatic carbocycles.